The summed E-state index contributed by atoms with van der Waals surface area (Å²) in [6, 6.07) is 15.0. The van der Waals surface area contributed by atoms with Crippen molar-refractivity contribution in [3.63, 3.8) is 0 Å². The quantitative estimate of drug-likeness (QED) is 0.285. The Labute approximate surface area is 303 Å². The van der Waals surface area contributed by atoms with Crippen LogP contribution in [0.4, 0.5) is 5.82 Å². The molecule has 10 heteroatoms. The normalized spacial score (nSPS) is 25.3. The van der Waals surface area contributed by atoms with Crippen molar-refractivity contribution >= 4 is 11.7 Å². The van der Waals surface area contributed by atoms with Crippen LogP contribution in [0, 0.1) is 11.8 Å². The molecule has 51 heavy (non-hydrogen) atoms. The smallest absolute Gasteiger partial charge is 0.225 e. The molecule has 3 aromatic rings. The van der Waals surface area contributed by atoms with E-state index in [-0.39, 0.29) is 23.4 Å². The lowest BCUT2D eigenvalue weighted by Gasteiger charge is -2.60. The molecule has 2 fully saturated rings. The maximum atomic E-state index is 14.6. The zero-order valence-electron chi connectivity index (χ0n) is 31.3. The lowest BCUT2D eigenvalue weighted by Crippen LogP contribution is -2.61. The van der Waals surface area contributed by atoms with Gasteiger partial charge in [0.15, 0.2) is 23.0 Å². The van der Waals surface area contributed by atoms with Crippen LogP contribution in [0.3, 0.4) is 0 Å². The van der Waals surface area contributed by atoms with Crippen LogP contribution >= 0.6 is 0 Å². The molecule has 1 saturated carbocycles. The predicted octanol–water partition coefficient (Wildman–Crippen LogP) is 5.57. The number of ether oxygens (including phenoxy) is 4. The molecule has 1 unspecified atom stereocenters. The Balaban J connectivity index is 1.32. The molecule has 4 heterocycles. The summed E-state index contributed by atoms with van der Waals surface area (Å²) in [5.41, 5.74) is 4.96. The lowest BCUT2D eigenvalue weighted by atomic mass is 9.58. The van der Waals surface area contributed by atoms with E-state index < -0.39 is 0 Å². The van der Waals surface area contributed by atoms with Gasteiger partial charge in [-0.2, -0.15) is 0 Å². The zero-order chi connectivity index (χ0) is 35.7. The van der Waals surface area contributed by atoms with Gasteiger partial charge in [-0.15, -0.1) is 0 Å². The minimum Gasteiger partial charge on any atom is -0.493 e. The number of nitrogens with zero attached hydrogens (tertiary/aromatic N) is 5. The first-order valence-electron chi connectivity index (χ1n) is 18.8. The molecule has 4 aliphatic rings. The molecule has 1 spiro atoms. The highest BCUT2D eigenvalue weighted by Crippen LogP contribution is 2.59. The van der Waals surface area contributed by atoms with Crippen molar-refractivity contribution in [1.82, 2.24) is 19.7 Å². The van der Waals surface area contributed by atoms with Crippen molar-refractivity contribution in [2.45, 2.75) is 57.5 Å². The topological polar surface area (TPSA) is 79.8 Å². The molecular weight excluding hydrogens is 642 g/mol. The van der Waals surface area contributed by atoms with Crippen LogP contribution in [-0.4, -0.2) is 106 Å². The molecule has 10 nitrogen and oxygen atoms in total. The second-order valence-corrected chi connectivity index (χ2v) is 14.4. The van der Waals surface area contributed by atoms with Gasteiger partial charge in [-0.25, -0.2) is 4.98 Å². The van der Waals surface area contributed by atoms with Crippen molar-refractivity contribution in [2.75, 3.05) is 85.7 Å². The van der Waals surface area contributed by atoms with Crippen LogP contribution < -0.4 is 23.8 Å². The number of amides is 1. The largest absolute Gasteiger partial charge is 0.493 e. The molecule has 0 N–H and O–H groups in total. The number of hydrogen-bond donors (Lipinski definition) is 0. The van der Waals surface area contributed by atoms with E-state index in [9.17, 15) is 4.79 Å². The molecule has 2 aromatic carbocycles. The Kier molecular flexibility index (Phi) is 10.3. The summed E-state index contributed by atoms with van der Waals surface area (Å²) in [5.74, 6) is 4.41. The molecule has 7 rings (SSSR count). The minimum absolute atomic E-state index is 0.0597. The van der Waals surface area contributed by atoms with Crippen LogP contribution in [0.5, 0.6) is 23.0 Å². The van der Waals surface area contributed by atoms with Gasteiger partial charge in [0, 0.05) is 63.3 Å². The van der Waals surface area contributed by atoms with Crippen LogP contribution in [-0.2, 0) is 23.2 Å². The second-order valence-electron chi connectivity index (χ2n) is 14.4. The number of aromatic nitrogens is 1. The highest BCUT2D eigenvalue weighted by molar-refractivity contribution is 5.79. The molecule has 0 bridgehead atoms. The number of methoxy groups -OCH3 is 4. The van der Waals surface area contributed by atoms with Crippen molar-refractivity contribution < 1.29 is 23.7 Å². The minimum atomic E-state index is -0.295. The van der Waals surface area contributed by atoms with Crippen molar-refractivity contribution in [3.05, 3.63) is 70.9 Å². The summed E-state index contributed by atoms with van der Waals surface area (Å²) < 4.78 is 23.5. The average molecular weight is 698 g/mol. The highest BCUT2D eigenvalue weighted by atomic mass is 16.5. The van der Waals surface area contributed by atoms with Gasteiger partial charge < -0.3 is 28.7 Å². The monoisotopic (exact) mass is 697 g/mol. The fourth-order valence-electron chi connectivity index (χ4n) is 9.95. The zero-order valence-corrected chi connectivity index (χ0v) is 31.3. The molecular formula is C41H55N5O5. The maximum absolute atomic E-state index is 14.6. The third-order valence-electron chi connectivity index (χ3n) is 12.4. The summed E-state index contributed by atoms with van der Waals surface area (Å²) in [5, 5.41) is 0. The molecule has 274 valence electrons. The number of carbonyl (C=O) groups is 1. The first kappa shape index (κ1) is 35.4. The summed E-state index contributed by atoms with van der Waals surface area (Å²) in [4.78, 5) is 29.0. The highest BCUT2D eigenvalue weighted by Gasteiger charge is 2.56. The molecule has 1 aromatic heterocycles. The third-order valence-corrected chi connectivity index (χ3v) is 12.4. The Morgan fingerprint density at radius 3 is 2.12 bits per heavy atom. The second kappa shape index (κ2) is 14.9. The Morgan fingerprint density at radius 2 is 1.47 bits per heavy atom. The third kappa shape index (κ3) is 6.18. The number of likely N-dealkylation sites (N-methyl/N-ethyl adjacent to an activating group) is 2. The fourth-order valence-corrected chi connectivity index (χ4v) is 9.95. The van der Waals surface area contributed by atoms with Crippen molar-refractivity contribution in [1.29, 1.82) is 0 Å². The SMILES string of the molecule is CCN1CCc2cc(OC)c(OC)cc2C1[C@H]1C[C@H](C(=O)N2CCN(c3ccccn3)CC2)CC[C@]12c1cc(OC)c(OC)cc1CCN2CC. The summed E-state index contributed by atoms with van der Waals surface area (Å²) in [6.07, 6.45) is 6.28. The number of piperazine rings is 1. The van der Waals surface area contributed by atoms with Crippen LogP contribution in [0.15, 0.2) is 48.7 Å². The summed E-state index contributed by atoms with van der Waals surface area (Å²) in [6.45, 7) is 11.4. The van der Waals surface area contributed by atoms with E-state index in [1.165, 1.54) is 22.3 Å². The van der Waals surface area contributed by atoms with E-state index in [2.05, 4.69) is 68.8 Å². The van der Waals surface area contributed by atoms with Gasteiger partial charge in [-0.05, 0) is 104 Å². The number of hydrogen-bond acceptors (Lipinski definition) is 9. The Morgan fingerprint density at radius 1 is 0.804 bits per heavy atom. The van der Waals surface area contributed by atoms with Crippen LogP contribution in [0.1, 0.15) is 61.4 Å². The Bertz CT molecular complexity index is 1700. The maximum Gasteiger partial charge on any atom is 0.225 e. The molecule has 1 aliphatic carbocycles. The molecule has 3 aliphatic heterocycles. The number of anilines is 1. The lowest BCUT2D eigenvalue weighted by molar-refractivity contribution is -0.142. The van der Waals surface area contributed by atoms with Gasteiger partial charge in [0.05, 0.1) is 34.0 Å². The molecule has 0 radical (unpaired) electrons. The van der Waals surface area contributed by atoms with E-state index in [4.69, 9.17) is 18.9 Å². The van der Waals surface area contributed by atoms with Crippen molar-refractivity contribution in [2.24, 2.45) is 11.8 Å². The first-order valence-corrected chi connectivity index (χ1v) is 18.8. The molecule has 1 saturated heterocycles. The van der Waals surface area contributed by atoms with Crippen molar-refractivity contribution in [3.8, 4) is 23.0 Å². The fraction of sp³-hybridized carbons (Fsp3) is 0.561. The number of carbonyl (C=O) groups excluding carboxylic acids is 1. The molecule has 1 amide bonds. The number of benzene rings is 2. The predicted molar refractivity (Wildman–Crippen MR) is 199 cm³/mol. The number of fused-ring (bicyclic) bond motifs is 3. The van der Waals surface area contributed by atoms with Gasteiger partial charge in [-0.3, -0.25) is 14.6 Å². The number of pyridine rings is 1. The van der Waals surface area contributed by atoms with E-state index >= 15 is 0 Å². The summed E-state index contributed by atoms with van der Waals surface area (Å²) in [7, 11) is 6.88. The average Bonchev–Trinajstić information content (AvgIpc) is 3.19. The Hall–Kier alpha value is -4.02. The van der Waals surface area contributed by atoms with Gasteiger partial charge in [0.1, 0.15) is 5.82 Å². The molecule has 4 atom stereocenters. The van der Waals surface area contributed by atoms with Crippen LogP contribution in [0.2, 0.25) is 0 Å². The standard InChI is InChI=1S/C41H55N5O5/c1-7-43-17-13-28-24-34(48-3)36(50-5)26-31(28)39(43)33-23-30(40(47)45-21-19-44(20-22-45)38-11-9-10-16-42-38)12-15-41(33)32-27-37(51-6)35(49-4)25-29(32)14-18-46(41)8-2/h9-11,16,24-27,30,33,39H,7-8,12-15,17-23H2,1-6H3/t30-,33-,39?,41+/m1/s1. The van der Waals surface area contributed by atoms with Crippen LogP contribution in [0.25, 0.3) is 0 Å². The van der Waals surface area contributed by atoms with Gasteiger partial charge >= 0.3 is 0 Å². The van der Waals surface area contributed by atoms with E-state index in [1.54, 1.807) is 28.4 Å². The van der Waals surface area contributed by atoms with E-state index in [0.717, 1.165) is 100 Å². The van der Waals surface area contributed by atoms with E-state index in [1.807, 2.05) is 18.3 Å². The van der Waals surface area contributed by atoms with Gasteiger partial charge in [0.2, 0.25) is 5.91 Å². The van der Waals surface area contributed by atoms with Gasteiger partial charge in [-0.1, -0.05) is 19.9 Å². The summed E-state index contributed by atoms with van der Waals surface area (Å²) >= 11 is 0. The first-order chi connectivity index (χ1) is 24.9. The van der Waals surface area contributed by atoms with E-state index in [0.29, 0.717) is 19.0 Å². The van der Waals surface area contributed by atoms with Gasteiger partial charge in [0.25, 0.3) is 0 Å². The number of rotatable bonds is 9.